The fraction of sp³-hybridized carbons (Fsp3) is 0.467. The molecule has 0 radical (unpaired) electrons. The molecule has 6 heteroatoms. The molecular weight excluding hydrogens is 311 g/mol. The Bertz CT molecular complexity index is 493. The summed E-state index contributed by atoms with van der Waals surface area (Å²) in [5.74, 6) is -0.294. The number of nitrogens with one attached hydrogen (secondary N) is 2. The number of hydrogen-bond donors (Lipinski definition) is 2. The minimum Gasteiger partial charge on any atom is -0.354 e. The molecular formula is C15H20Cl2N2O2. The van der Waals surface area contributed by atoms with Crippen molar-refractivity contribution >= 4 is 35.0 Å². The van der Waals surface area contributed by atoms with Crippen molar-refractivity contribution in [2.75, 3.05) is 13.1 Å². The van der Waals surface area contributed by atoms with E-state index in [2.05, 4.69) is 10.6 Å². The van der Waals surface area contributed by atoms with Crippen LogP contribution in [-0.2, 0) is 16.0 Å². The van der Waals surface area contributed by atoms with Gasteiger partial charge in [-0.1, -0.05) is 42.6 Å². The number of rotatable bonds is 8. The minimum atomic E-state index is -0.204. The number of halogens is 2. The van der Waals surface area contributed by atoms with Crippen molar-refractivity contribution in [2.24, 2.45) is 0 Å². The van der Waals surface area contributed by atoms with Gasteiger partial charge in [0.2, 0.25) is 11.8 Å². The standard InChI is InChI=1S/C15H20Cl2N2O2/c1-2-3-4-14(20)19-10-15(21)18-8-7-11-5-6-12(16)9-13(11)17/h5-6,9H,2-4,7-8,10H2,1H3,(H,18,21)(H,19,20). The summed E-state index contributed by atoms with van der Waals surface area (Å²) in [5.41, 5.74) is 0.924. The van der Waals surface area contributed by atoms with Crippen LogP contribution in [0, 0.1) is 0 Å². The lowest BCUT2D eigenvalue weighted by Gasteiger charge is -2.08. The number of hydrogen-bond acceptors (Lipinski definition) is 2. The molecule has 0 spiro atoms. The zero-order chi connectivity index (χ0) is 15.7. The number of benzene rings is 1. The van der Waals surface area contributed by atoms with Gasteiger partial charge in [0.15, 0.2) is 0 Å². The van der Waals surface area contributed by atoms with Crippen LogP contribution in [0.1, 0.15) is 31.7 Å². The number of carbonyl (C=O) groups is 2. The molecule has 21 heavy (non-hydrogen) atoms. The van der Waals surface area contributed by atoms with Crippen molar-refractivity contribution in [1.29, 1.82) is 0 Å². The van der Waals surface area contributed by atoms with E-state index >= 15 is 0 Å². The molecule has 1 aromatic carbocycles. The Balaban J connectivity index is 2.23. The highest BCUT2D eigenvalue weighted by Gasteiger charge is 2.06. The van der Waals surface area contributed by atoms with E-state index in [1.807, 2.05) is 13.0 Å². The number of unbranched alkanes of at least 4 members (excludes halogenated alkanes) is 1. The van der Waals surface area contributed by atoms with Crippen LogP contribution >= 0.6 is 23.2 Å². The number of carbonyl (C=O) groups excluding carboxylic acids is 2. The molecule has 0 aliphatic rings. The average molecular weight is 331 g/mol. The Morgan fingerprint density at radius 3 is 2.57 bits per heavy atom. The normalized spacial score (nSPS) is 10.2. The second-order valence-corrected chi connectivity index (χ2v) is 5.56. The summed E-state index contributed by atoms with van der Waals surface area (Å²) < 4.78 is 0. The monoisotopic (exact) mass is 330 g/mol. The molecule has 2 N–H and O–H groups in total. The van der Waals surface area contributed by atoms with Gasteiger partial charge < -0.3 is 10.6 Å². The van der Waals surface area contributed by atoms with Crippen LogP contribution < -0.4 is 10.6 Å². The average Bonchev–Trinajstić information content (AvgIpc) is 2.45. The molecule has 116 valence electrons. The molecule has 0 bridgehead atoms. The highest BCUT2D eigenvalue weighted by Crippen LogP contribution is 2.20. The summed E-state index contributed by atoms with van der Waals surface area (Å²) in [6.07, 6.45) is 2.87. The Hall–Kier alpha value is -1.26. The van der Waals surface area contributed by atoms with Gasteiger partial charge in [0.25, 0.3) is 0 Å². The summed E-state index contributed by atoms with van der Waals surface area (Å²) in [7, 11) is 0. The Morgan fingerprint density at radius 2 is 1.90 bits per heavy atom. The summed E-state index contributed by atoms with van der Waals surface area (Å²) >= 11 is 11.9. The highest BCUT2D eigenvalue weighted by atomic mass is 35.5. The lowest BCUT2D eigenvalue weighted by molar-refractivity contribution is -0.126. The fourth-order valence-electron chi connectivity index (χ4n) is 1.73. The molecule has 2 amide bonds. The third kappa shape index (κ3) is 7.34. The topological polar surface area (TPSA) is 58.2 Å². The lowest BCUT2D eigenvalue weighted by Crippen LogP contribution is -2.37. The van der Waals surface area contributed by atoms with Gasteiger partial charge in [0.05, 0.1) is 6.54 Å². The van der Waals surface area contributed by atoms with Crippen molar-refractivity contribution in [1.82, 2.24) is 10.6 Å². The van der Waals surface area contributed by atoms with Crippen LogP contribution in [0.4, 0.5) is 0 Å². The van der Waals surface area contributed by atoms with Gasteiger partial charge in [-0.3, -0.25) is 9.59 Å². The zero-order valence-electron chi connectivity index (χ0n) is 12.0. The molecule has 0 heterocycles. The van der Waals surface area contributed by atoms with E-state index in [0.29, 0.717) is 29.4 Å². The van der Waals surface area contributed by atoms with Gasteiger partial charge in [-0.2, -0.15) is 0 Å². The predicted molar refractivity (Wildman–Crippen MR) is 85.7 cm³/mol. The van der Waals surface area contributed by atoms with Gasteiger partial charge >= 0.3 is 0 Å². The van der Waals surface area contributed by atoms with E-state index in [0.717, 1.165) is 18.4 Å². The summed E-state index contributed by atoms with van der Waals surface area (Å²) in [5, 5.41) is 6.50. The Kier molecular flexibility index (Phi) is 8.16. The molecule has 4 nitrogen and oxygen atoms in total. The van der Waals surface area contributed by atoms with Crippen molar-refractivity contribution in [3.63, 3.8) is 0 Å². The molecule has 0 atom stereocenters. The lowest BCUT2D eigenvalue weighted by atomic mass is 10.1. The molecule has 0 unspecified atom stereocenters. The predicted octanol–water partition coefficient (Wildman–Crippen LogP) is 2.96. The van der Waals surface area contributed by atoms with Crippen LogP contribution in [0.3, 0.4) is 0 Å². The van der Waals surface area contributed by atoms with Gasteiger partial charge in [-0.15, -0.1) is 0 Å². The Morgan fingerprint density at radius 1 is 1.14 bits per heavy atom. The molecule has 1 aromatic rings. The first kappa shape index (κ1) is 17.8. The largest absolute Gasteiger partial charge is 0.354 e. The third-order valence-electron chi connectivity index (χ3n) is 2.94. The highest BCUT2D eigenvalue weighted by molar-refractivity contribution is 6.35. The number of amides is 2. The van der Waals surface area contributed by atoms with Crippen molar-refractivity contribution < 1.29 is 9.59 Å². The zero-order valence-corrected chi connectivity index (χ0v) is 13.6. The summed E-state index contributed by atoms with van der Waals surface area (Å²) in [6, 6.07) is 5.27. The van der Waals surface area contributed by atoms with Gasteiger partial charge in [0.1, 0.15) is 0 Å². The molecule has 0 saturated carbocycles. The quantitative estimate of drug-likeness (QED) is 0.769. The van der Waals surface area contributed by atoms with E-state index < -0.39 is 0 Å². The first-order valence-corrected chi connectivity index (χ1v) is 7.76. The van der Waals surface area contributed by atoms with Gasteiger partial charge in [-0.05, 0) is 30.5 Å². The maximum absolute atomic E-state index is 11.6. The van der Waals surface area contributed by atoms with Crippen LogP contribution in [-0.4, -0.2) is 24.9 Å². The van der Waals surface area contributed by atoms with Crippen molar-refractivity contribution in [2.45, 2.75) is 32.6 Å². The second-order valence-electron chi connectivity index (χ2n) is 4.72. The van der Waals surface area contributed by atoms with Gasteiger partial charge in [0, 0.05) is 23.0 Å². The van der Waals surface area contributed by atoms with E-state index in [-0.39, 0.29) is 18.4 Å². The third-order valence-corrected chi connectivity index (χ3v) is 3.52. The smallest absolute Gasteiger partial charge is 0.239 e. The second kappa shape index (κ2) is 9.64. The molecule has 0 aliphatic carbocycles. The van der Waals surface area contributed by atoms with E-state index in [1.165, 1.54) is 0 Å². The molecule has 0 fully saturated rings. The minimum absolute atomic E-state index is 0.0108. The van der Waals surface area contributed by atoms with E-state index in [9.17, 15) is 9.59 Å². The van der Waals surface area contributed by atoms with Crippen LogP contribution in [0.5, 0.6) is 0 Å². The van der Waals surface area contributed by atoms with E-state index in [1.54, 1.807) is 12.1 Å². The Labute approximate surface area is 135 Å². The van der Waals surface area contributed by atoms with Crippen molar-refractivity contribution in [3.05, 3.63) is 33.8 Å². The first-order valence-electron chi connectivity index (χ1n) is 7.00. The van der Waals surface area contributed by atoms with Crippen LogP contribution in [0.2, 0.25) is 10.0 Å². The molecule has 1 rings (SSSR count). The SMILES string of the molecule is CCCCC(=O)NCC(=O)NCCc1ccc(Cl)cc1Cl. The summed E-state index contributed by atoms with van der Waals surface area (Å²) in [6.45, 7) is 2.49. The molecule has 0 saturated heterocycles. The molecule has 0 aliphatic heterocycles. The van der Waals surface area contributed by atoms with Crippen LogP contribution in [0.15, 0.2) is 18.2 Å². The maximum atomic E-state index is 11.6. The maximum Gasteiger partial charge on any atom is 0.239 e. The molecule has 0 aromatic heterocycles. The van der Waals surface area contributed by atoms with Crippen molar-refractivity contribution in [3.8, 4) is 0 Å². The first-order chi connectivity index (χ1) is 10.0. The fourth-order valence-corrected chi connectivity index (χ4v) is 2.23. The van der Waals surface area contributed by atoms with E-state index in [4.69, 9.17) is 23.2 Å². The summed E-state index contributed by atoms with van der Waals surface area (Å²) in [4.78, 5) is 22.9. The van der Waals surface area contributed by atoms with Gasteiger partial charge in [-0.25, -0.2) is 0 Å². The van der Waals surface area contributed by atoms with Crippen LogP contribution in [0.25, 0.3) is 0 Å².